The predicted molar refractivity (Wildman–Crippen MR) is 184 cm³/mol. The zero-order valence-electron chi connectivity index (χ0n) is 25.9. The van der Waals surface area contributed by atoms with Gasteiger partial charge in [0.2, 0.25) is 0 Å². The third-order valence-corrected chi connectivity index (χ3v) is 8.72. The van der Waals surface area contributed by atoms with Crippen molar-refractivity contribution in [2.45, 2.75) is 52.4 Å². The fraction of sp³-hybridized carbons (Fsp3) is 0.195. The van der Waals surface area contributed by atoms with Gasteiger partial charge in [-0.15, -0.1) is 0 Å². The van der Waals surface area contributed by atoms with Gasteiger partial charge in [0.15, 0.2) is 0 Å². The Morgan fingerprint density at radius 1 is 0.488 bits per heavy atom. The van der Waals surface area contributed by atoms with Crippen LogP contribution in [0.1, 0.15) is 52.7 Å². The Bertz CT molecular complexity index is 2050. The summed E-state index contributed by atoms with van der Waals surface area (Å²) in [7, 11) is 0. The highest BCUT2D eigenvalue weighted by Crippen LogP contribution is 2.38. The first-order valence-electron chi connectivity index (χ1n) is 15.2. The van der Waals surface area contributed by atoms with Gasteiger partial charge in [-0.25, -0.2) is 4.98 Å². The van der Waals surface area contributed by atoms with E-state index < -0.39 is 0 Å². The Morgan fingerprint density at radius 2 is 1.05 bits per heavy atom. The summed E-state index contributed by atoms with van der Waals surface area (Å²) in [6, 6.07) is 44.2. The summed E-state index contributed by atoms with van der Waals surface area (Å²) in [5.41, 5.74) is 12.0. The highest BCUT2D eigenvalue weighted by atomic mass is 15.0. The Hall–Kier alpha value is -4.69. The molecule has 43 heavy (non-hydrogen) atoms. The lowest BCUT2D eigenvalue weighted by Crippen LogP contribution is -2.10. The molecule has 0 spiro atoms. The number of benzene rings is 5. The minimum Gasteiger partial charge on any atom is -0.309 e. The van der Waals surface area contributed by atoms with E-state index in [-0.39, 0.29) is 10.8 Å². The Morgan fingerprint density at radius 3 is 1.63 bits per heavy atom. The molecule has 7 rings (SSSR count). The molecule has 0 radical (unpaired) electrons. The first kappa shape index (κ1) is 27.2. The molecule has 0 saturated carbocycles. The maximum Gasteiger partial charge on any atom is 0.0715 e. The number of hydrogen-bond acceptors (Lipinski definition) is 1. The van der Waals surface area contributed by atoms with Crippen LogP contribution in [-0.2, 0) is 10.8 Å². The van der Waals surface area contributed by atoms with Crippen LogP contribution in [0.3, 0.4) is 0 Å². The van der Waals surface area contributed by atoms with Crippen LogP contribution in [-0.4, -0.2) is 9.55 Å². The van der Waals surface area contributed by atoms with E-state index in [1.165, 1.54) is 44.1 Å². The van der Waals surface area contributed by atoms with Crippen molar-refractivity contribution in [3.8, 4) is 28.1 Å². The van der Waals surface area contributed by atoms with E-state index in [9.17, 15) is 0 Å². The van der Waals surface area contributed by atoms with Crippen molar-refractivity contribution in [2.24, 2.45) is 0 Å². The minimum atomic E-state index is 0.0812. The molecule has 0 unspecified atom stereocenters. The van der Waals surface area contributed by atoms with Crippen molar-refractivity contribution >= 4 is 32.7 Å². The summed E-state index contributed by atoms with van der Waals surface area (Å²) in [4.78, 5) is 5.00. The van der Waals surface area contributed by atoms with Crippen molar-refractivity contribution in [2.75, 3.05) is 0 Å². The zero-order chi connectivity index (χ0) is 29.9. The van der Waals surface area contributed by atoms with E-state index >= 15 is 0 Å². The molecule has 2 nitrogen and oxygen atoms in total. The maximum atomic E-state index is 5.00. The van der Waals surface area contributed by atoms with Crippen LogP contribution in [0.25, 0.3) is 60.8 Å². The average Bonchev–Trinajstić information content (AvgIpc) is 3.33. The quantitative estimate of drug-likeness (QED) is 0.211. The van der Waals surface area contributed by atoms with Gasteiger partial charge in [-0.2, -0.15) is 0 Å². The van der Waals surface area contributed by atoms with Crippen LogP contribution in [0.2, 0.25) is 0 Å². The van der Waals surface area contributed by atoms with Gasteiger partial charge in [0.25, 0.3) is 0 Å². The lowest BCUT2D eigenvalue weighted by atomic mass is 9.85. The van der Waals surface area contributed by atoms with E-state index in [0.29, 0.717) is 0 Å². The van der Waals surface area contributed by atoms with E-state index in [0.717, 1.165) is 27.8 Å². The lowest BCUT2D eigenvalue weighted by Gasteiger charge is -2.19. The normalized spacial score (nSPS) is 12.4. The number of fused-ring (bicyclic) bond motifs is 4. The molecule has 2 heteroatoms. The van der Waals surface area contributed by atoms with Crippen molar-refractivity contribution in [1.82, 2.24) is 9.55 Å². The molecule has 0 N–H and O–H groups in total. The molecule has 0 aliphatic carbocycles. The smallest absolute Gasteiger partial charge is 0.0715 e. The zero-order valence-corrected chi connectivity index (χ0v) is 25.9. The average molecular weight is 559 g/mol. The van der Waals surface area contributed by atoms with Gasteiger partial charge in [0.05, 0.1) is 22.2 Å². The molecule has 0 atom stereocenters. The van der Waals surface area contributed by atoms with E-state index in [2.05, 4.69) is 161 Å². The molecular formula is C41H38N2. The first-order chi connectivity index (χ1) is 20.6. The highest BCUT2D eigenvalue weighted by molar-refractivity contribution is 6.10. The minimum absolute atomic E-state index is 0.0812. The molecule has 2 aromatic heterocycles. The fourth-order valence-corrected chi connectivity index (χ4v) is 6.20. The predicted octanol–water partition coefficient (Wildman–Crippen LogP) is 11.3. The molecule has 0 bridgehead atoms. The molecule has 5 aromatic carbocycles. The molecule has 212 valence electrons. The van der Waals surface area contributed by atoms with Gasteiger partial charge >= 0.3 is 0 Å². The van der Waals surface area contributed by atoms with Gasteiger partial charge in [0.1, 0.15) is 0 Å². The standard InChI is InChI=1S/C41H38N2/c1-40(2,3)29-18-22-38-34(24-29)35-25-30(41(4,5)6)19-23-39(35)43(38)31-20-16-27(17-21-31)33-26-37(28-12-8-7-9-13-28)42-36-15-11-10-14-32(33)36/h7-26H,1-6H3. The summed E-state index contributed by atoms with van der Waals surface area (Å²) in [6.07, 6.45) is 0. The molecule has 7 aromatic rings. The largest absolute Gasteiger partial charge is 0.309 e. The Labute approximate surface area is 254 Å². The Kier molecular flexibility index (Phi) is 6.29. The molecule has 0 aliphatic heterocycles. The van der Waals surface area contributed by atoms with Crippen molar-refractivity contribution in [3.05, 3.63) is 132 Å². The number of hydrogen-bond donors (Lipinski definition) is 0. The van der Waals surface area contributed by atoms with Crippen LogP contribution in [0.15, 0.2) is 121 Å². The maximum absolute atomic E-state index is 5.00. The SMILES string of the molecule is CC(C)(C)c1ccc2c(c1)c1cc(C(C)(C)C)ccc1n2-c1ccc(-c2cc(-c3ccccc3)nc3ccccc23)cc1. The summed E-state index contributed by atoms with van der Waals surface area (Å²) >= 11 is 0. The topological polar surface area (TPSA) is 17.8 Å². The molecule has 0 amide bonds. The highest BCUT2D eigenvalue weighted by Gasteiger charge is 2.21. The van der Waals surface area contributed by atoms with Crippen LogP contribution < -0.4 is 0 Å². The van der Waals surface area contributed by atoms with Crippen molar-refractivity contribution < 1.29 is 0 Å². The molecule has 2 heterocycles. The van der Waals surface area contributed by atoms with Gasteiger partial charge in [-0.1, -0.05) is 114 Å². The monoisotopic (exact) mass is 558 g/mol. The third kappa shape index (κ3) is 4.81. The molecular weight excluding hydrogens is 520 g/mol. The van der Waals surface area contributed by atoms with Crippen LogP contribution >= 0.6 is 0 Å². The molecule has 0 saturated heterocycles. The molecule has 0 aliphatic rings. The second-order valence-corrected chi connectivity index (χ2v) is 13.8. The number of para-hydroxylation sites is 1. The van der Waals surface area contributed by atoms with Gasteiger partial charge in [-0.05, 0) is 81.6 Å². The summed E-state index contributed by atoms with van der Waals surface area (Å²) in [5.74, 6) is 0. The molecule has 0 fully saturated rings. The Balaban J connectivity index is 1.41. The van der Waals surface area contributed by atoms with Crippen LogP contribution in [0.4, 0.5) is 0 Å². The summed E-state index contributed by atoms with van der Waals surface area (Å²) in [5, 5.41) is 3.78. The fourth-order valence-electron chi connectivity index (χ4n) is 6.20. The number of pyridine rings is 1. The number of nitrogens with zero attached hydrogens (tertiary/aromatic N) is 2. The van der Waals surface area contributed by atoms with E-state index in [1.54, 1.807) is 0 Å². The number of rotatable bonds is 3. The van der Waals surface area contributed by atoms with Crippen LogP contribution in [0, 0.1) is 0 Å². The third-order valence-electron chi connectivity index (χ3n) is 8.72. The van der Waals surface area contributed by atoms with Gasteiger partial charge in [0, 0.05) is 27.4 Å². The summed E-state index contributed by atoms with van der Waals surface area (Å²) < 4.78 is 2.42. The summed E-state index contributed by atoms with van der Waals surface area (Å²) in [6.45, 7) is 13.7. The van der Waals surface area contributed by atoms with E-state index in [1.807, 2.05) is 6.07 Å². The van der Waals surface area contributed by atoms with E-state index in [4.69, 9.17) is 4.98 Å². The van der Waals surface area contributed by atoms with Crippen molar-refractivity contribution in [3.63, 3.8) is 0 Å². The second-order valence-electron chi connectivity index (χ2n) is 13.8. The first-order valence-corrected chi connectivity index (χ1v) is 15.2. The van der Waals surface area contributed by atoms with Crippen LogP contribution in [0.5, 0.6) is 0 Å². The van der Waals surface area contributed by atoms with Gasteiger partial charge in [-0.3, -0.25) is 0 Å². The van der Waals surface area contributed by atoms with Gasteiger partial charge < -0.3 is 4.57 Å². The number of aromatic nitrogens is 2. The second kappa shape index (κ2) is 9.95. The lowest BCUT2D eigenvalue weighted by molar-refractivity contribution is 0.590. The van der Waals surface area contributed by atoms with Crippen molar-refractivity contribution in [1.29, 1.82) is 0 Å².